The zero-order valence-electron chi connectivity index (χ0n) is 11.5. The van der Waals surface area contributed by atoms with Crippen LogP contribution < -0.4 is 5.32 Å². The highest BCUT2D eigenvalue weighted by Crippen LogP contribution is 2.33. The second-order valence-electron chi connectivity index (χ2n) is 5.41. The second-order valence-corrected chi connectivity index (χ2v) is 5.41. The van der Waals surface area contributed by atoms with E-state index in [1.165, 1.54) is 31.9 Å². The van der Waals surface area contributed by atoms with Crippen LogP contribution in [-0.2, 0) is 0 Å². The van der Waals surface area contributed by atoms with Crippen LogP contribution in [-0.4, -0.2) is 47.1 Å². The van der Waals surface area contributed by atoms with Gasteiger partial charge in [-0.3, -0.25) is 0 Å². The minimum absolute atomic E-state index is 0.0790. The third kappa shape index (κ3) is 3.04. The van der Waals surface area contributed by atoms with Gasteiger partial charge in [-0.2, -0.15) is 0 Å². The average Bonchev–Trinajstić information content (AvgIpc) is 2.87. The Balaban J connectivity index is 2.05. The van der Waals surface area contributed by atoms with Gasteiger partial charge in [0.2, 0.25) is 0 Å². The van der Waals surface area contributed by atoms with E-state index in [1.54, 1.807) is 6.07 Å². The highest BCUT2D eigenvalue weighted by atomic mass is 16.4. The molecule has 0 radical (unpaired) electrons. The first-order valence-electron chi connectivity index (χ1n) is 6.64. The van der Waals surface area contributed by atoms with Crippen molar-refractivity contribution in [2.24, 2.45) is 0 Å². The smallest absolute Gasteiger partial charge is 0.354 e. The van der Waals surface area contributed by atoms with Crippen molar-refractivity contribution in [1.29, 1.82) is 0 Å². The molecular weight excluding hydrogens is 242 g/mol. The molecule has 0 bridgehead atoms. The first-order chi connectivity index (χ1) is 9.03. The SMILES string of the molecule is CN(C)C1(CNc2ccnc(C(=O)O)c2)CCCC1. The van der Waals surface area contributed by atoms with Crippen LogP contribution in [0.5, 0.6) is 0 Å². The van der Waals surface area contributed by atoms with Gasteiger partial charge in [0.25, 0.3) is 0 Å². The molecule has 1 aliphatic carbocycles. The van der Waals surface area contributed by atoms with Crippen LogP contribution in [0.25, 0.3) is 0 Å². The maximum absolute atomic E-state index is 10.9. The lowest BCUT2D eigenvalue weighted by atomic mass is 9.96. The van der Waals surface area contributed by atoms with Gasteiger partial charge in [-0.15, -0.1) is 0 Å². The van der Waals surface area contributed by atoms with Crippen molar-refractivity contribution in [2.75, 3.05) is 26.0 Å². The number of carboxylic acids is 1. The summed E-state index contributed by atoms with van der Waals surface area (Å²) in [7, 11) is 4.23. The number of likely N-dealkylation sites (N-methyl/N-ethyl adjacent to an activating group) is 1. The van der Waals surface area contributed by atoms with E-state index in [9.17, 15) is 4.79 Å². The Morgan fingerprint density at radius 1 is 1.47 bits per heavy atom. The van der Waals surface area contributed by atoms with Crippen LogP contribution in [0.15, 0.2) is 18.3 Å². The van der Waals surface area contributed by atoms with Gasteiger partial charge in [0.1, 0.15) is 5.69 Å². The molecule has 1 saturated carbocycles. The van der Waals surface area contributed by atoms with E-state index in [2.05, 4.69) is 29.3 Å². The Bertz CT molecular complexity index is 454. The molecular formula is C14H21N3O2. The number of nitrogens with zero attached hydrogens (tertiary/aromatic N) is 2. The molecule has 1 heterocycles. The first kappa shape index (κ1) is 13.8. The summed E-state index contributed by atoms with van der Waals surface area (Å²) < 4.78 is 0. The summed E-state index contributed by atoms with van der Waals surface area (Å²) in [4.78, 5) is 17.0. The fourth-order valence-corrected chi connectivity index (χ4v) is 2.74. The number of carboxylic acid groups (broad SMARTS) is 1. The summed E-state index contributed by atoms with van der Waals surface area (Å²) in [5.74, 6) is -0.994. The first-order valence-corrected chi connectivity index (χ1v) is 6.64. The topological polar surface area (TPSA) is 65.5 Å². The van der Waals surface area contributed by atoms with Gasteiger partial charge < -0.3 is 15.3 Å². The standard InChI is InChI=1S/C14H21N3O2/c1-17(2)14(6-3-4-7-14)10-16-11-5-8-15-12(9-11)13(18)19/h5,8-9H,3-4,6-7,10H2,1-2H3,(H,15,16)(H,18,19). The average molecular weight is 263 g/mol. The van der Waals surface area contributed by atoms with Gasteiger partial charge >= 0.3 is 5.97 Å². The zero-order valence-corrected chi connectivity index (χ0v) is 11.5. The molecule has 104 valence electrons. The molecule has 2 rings (SSSR count). The molecule has 0 spiro atoms. The third-order valence-electron chi connectivity index (χ3n) is 4.08. The number of nitrogens with one attached hydrogen (secondary N) is 1. The van der Waals surface area contributed by atoms with Gasteiger partial charge in [0.15, 0.2) is 0 Å². The number of hydrogen-bond donors (Lipinski definition) is 2. The number of rotatable bonds is 5. The molecule has 0 atom stereocenters. The molecule has 2 N–H and O–H groups in total. The van der Waals surface area contributed by atoms with E-state index < -0.39 is 5.97 Å². The van der Waals surface area contributed by atoms with Gasteiger partial charge in [-0.1, -0.05) is 12.8 Å². The molecule has 19 heavy (non-hydrogen) atoms. The Kier molecular flexibility index (Phi) is 4.04. The number of aromatic carboxylic acids is 1. The molecule has 5 heteroatoms. The van der Waals surface area contributed by atoms with Crippen molar-refractivity contribution in [3.63, 3.8) is 0 Å². The van der Waals surface area contributed by atoms with Crippen LogP contribution in [0.4, 0.5) is 5.69 Å². The minimum atomic E-state index is -0.994. The molecule has 0 aromatic carbocycles. The van der Waals surface area contributed by atoms with E-state index in [4.69, 9.17) is 5.11 Å². The summed E-state index contributed by atoms with van der Waals surface area (Å²) >= 11 is 0. The Labute approximate surface area is 113 Å². The summed E-state index contributed by atoms with van der Waals surface area (Å²) in [6.45, 7) is 0.836. The molecule has 5 nitrogen and oxygen atoms in total. The van der Waals surface area contributed by atoms with Crippen molar-refractivity contribution in [2.45, 2.75) is 31.2 Å². The number of carbonyl (C=O) groups is 1. The molecule has 1 aliphatic rings. The highest BCUT2D eigenvalue weighted by molar-refractivity contribution is 5.86. The number of pyridine rings is 1. The van der Waals surface area contributed by atoms with Gasteiger partial charge in [0, 0.05) is 24.0 Å². The monoisotopic (exact) mass is 263 g/mol. The molecule has 0 unspecified atom stereocenters. The second kappa shape index (κ2) is 5.57. The van der Waals surface area contributed by atoms with E-state index in [-0.39, 0.29) is 11.2 Å². The number of aromatic nitrogens is 1. The summed E-state index contributed by atoms with van der Waals surface area (Å²) in [6, 6.07) is 3.39. The number of anilines is 1. The van der Waals surface area contributed by atoms with Crippen molar-refractivity contribution in [3.8, 4) is 0 Å². The van der Waals surface area contributed by atoms with E-state index in [1.807, 2.05) is 6.07 Å². The van der Waals surface area contributed by atoms with Crippen molar-refractivity contribution < 1.29 is 9.90 Å². The zero-order chi connectivity index (χ0) is 13.9. The van der Waals surface area contributed by atoms with Crippen molar-refractivity contribution >= 4 is 11.7 Å². The maximum atomic E-state index is 10.9. The van der Waals surface area contributed by atoms with Crippen LogP contribution >= 0.6 is 0 Å². The quantitative estimate of drug-likeness (QED) is 0.851. The lowest BCUT2D eigenvalue weighted by Crippen LogP contribution is -2.47. The fraction of sp³-hybridized carbons (Fsp3) is 0.571. The Morgan fingerprint density at radius 3 is 2.74 bits per heavy atom. The molecule has 1 aromatic rings. The van der Waals surface area contributed by atoms with Gasteiger partial charge in [-0.05, 0) is 39.1 Å². The summed E-state index contributed by atoms with van der Waals surface area (Å²) in [6.07, 6.45) is 6.42. The fourth-order valence-electron chi connectivity index (χ4n) is 2.74. The summed E-state index contributed by atoms with van der Waals surface area (Å²) in [5, 5.41) is 12.3. The third-order valence-corrected chi connectivity index (χ3v) is 4.08. The van der Waals surface area contributed by atoms with Crippen LogP contribution in [0.3, 0.4) is 0 Å². The predicted octanol–water partition coefficient (Wildman–Crippen LogP) is 2.07. The highest BCUT2D eigenvalue weighted by Gasteiger charge is 2.35. The lowest BCUT2D eigenvalue weighted by Gasteiger charge is -2.36. The maximum Gasteiger partial charge on any atom is 0.354 e. The lowest BCUT2D eigenvalue weighted by molar-refractivity contribution is 0.0690. The predicted molar refractivity (Wildman–Crippen MR) is 74.6 cm³/mol. The Hall–Kier alpha value is -1.62. The van der Waals surface area contributed by atoms with Gasteiger partial charge in [0.05, 0.1) is 0 Å². The number of hydrogen-bond acceptors (Lipinski definition) is 4. The van der Waals surface area contributed by atoms with Crippen molar-refractivity contribution in [1.82, 2.24) is 9.88 Å². The van der Waals surface area contributed by atoms with Crippen molar-refractivity contribution in [3.05, 3.63) is 24.0 Å². The molecule has 0 amide bonds. The Morgan fingerprint density at radius 2 is 2.16 bits per heavy atom. The van der Waals surface area contributed by atoms with Gasteiger partial charge in [-0.25, -0.2) is 9.78 Å². The van der Waals surface area contributed by atoms with Crippen LogP contribution in [0, 0.1) is 0 Å². The minimum Gasteiger partial charge on any atom is -0.477 e. The van der Waals surface area contributed by atoms with E-state index >= 15 is 0 Å². The van der Waals surface area contributed by atoms with Crippen LogP contribution in [0.1, 0.15) is 36.2 Å². The van der Waals surface area contributed by atoms with Crippen LogP contribution in [0.2, 0.25) is 0 Å². The largest absolute Gasteiger partial charge is 0.477 e. The normalized spacial score (nSPS) is 17.6. The molecule has 1 aromatic heterocycles. The summed E-state index contributed by atoms with van der Waals surface area (Å²) in [5.41, 5.74) is 1.09. The van der Waals surface area contributed by atoms with E-state index in [0.29, 0.717) is 0 Å². The van der Waals surface area contributed by atoms with E-state index in [0.717, 1.165) is 12.2 Å². The molecule has 0 saturated heterocycles. The molecule has 0 aliphatic heterocycles. The molecule has 1 fully saturated rings.